The van der Waals surface area contributed by atoms with Crippen LogP contribution in [0, 0.1) is 6.92 Å². The molecular weight excluding hydrogens is 234 g/mol. The van der Waals surface area contributed by atoms with Gasteiger partial charge in [0, 0.05) is 12.5 Å². The van der Waals surface area contributed by atoms with Gasteiger partial charge >= 0.3 is 5.97 Å². The van der Waals surface area contributed by atoms with Crippen LogP contribution in [0.2, 0.25) is 0 Å². The van der Waals surface area contributed by atoms with E-state index >= 15 is 0 Å². The number of carbonyl (C=O) groups is 1. The smallest absolute Gasteiger partial charge is 0.345 e. The average molecular weight is 248 g/mol. The topological polar surface area (TPSA) is 30.2 Å². The Morgan fingerprint density at radius 1 is 1.35 bits per heavy atom. The van der Waals surface area contributed by atoms with Crippen molar-refractivity contribution in [3.8, 4) is 0 Å². The lowest BCUT2D eigenvalue weighted by Crippen LogP contribution is -2.33. The number of esters is 1. The van der Waals surface area contributed by atoms with Crippen LogP contribution in [-0.2, 0) is 11.3 Å². The Morgan fingerprint density at radius 3 is 2.71 bits per heavy atom. The average Bonchev–Trinajstić information content (AvgIpc) is 2.72. The third-order valence-corrected chi connectivity index (χ3v) is 3.63. The number of methoxy groups -OCH3 is 1. The number of benzene rings is 1. The van der Waals surface area contributed by atoms with Crippen LogP contribution < -0.4 is 3.96 Å². The second-order valence-electron chi connectivity index (χ2n) is 3.74. The monoisotopic (exact) mass is 248 g/mol. The highest BCUT2D eigenvalue weighted by atomic mass is 32.1. The molecule has 1 aromatic carbocycles. The van der Waals surface area contributed by atoms with Gasteiger partial charge in [-0.3, -0.25) is 0 Å². The summed E-state index contributed by atoms with van der Waals surface area (Å²) in [6, 6.07) is 10.2. The number of carbonyl (C=O) groups excluding carboxylic acids is 1. The zero-order chi connectivity index (χ0) is 12.3. The van der Waals surface area contributed by atoms with E-state index in [1.165, 1.54) is 24.2 Å². The summed E-state index contributed by atoms with van der Waals surface area (Å²) in [6.45, 7) is 2.72. The fourth-order valence-corrected chi connectivity index (χ4v) is 2.61. The molecule has 0 unspecified atom stereocenters. The van der Waals surface area contributed by atoms with Gasteiger partial charge in [-0.25, -0.2) is 4.79 Å². The summed E-state index contributed by atoms with van der Waals surface area (Å²) in [7, 11) is 1.40. The molecule has 88 valence electrons. The molecule has 0 amide bonds. The van der Waals surface area contributed by atoms with E-state index in [1.807, 2.05) is 30.5 Å². The lowest BCUT2D eigenvalue weighted by Gasteiger charge is -1.96. The van der Waals surface area contributed by atoms with Crippen molar-refractivity contribution in [2.75, 3.05) is 7.11 Å². The van der Waals surface area contributed by atoms with Crippen LogP contribution in [0.15, 0.2) is 35.7 Å². The van der Waals surface area contributed by atoms with Gasteiger partial charge in [-0.15, -0.1) is 3.96 Å². The predicted octanol–water partition coefficient (Wildman–Crippen LogP) is 2.18. The van der Waals surface area contributed by atoms with Crippen molar-refractivity contribution in [1.82, 2.24) is 0 Å². The summed E-state index contributed by atoms with van der Waals surface area (Å²) < 4.78 is 6.82. The SMILES string of the molecule is COC(=O)c1cs[n+](Cc2ccccc2)c1C. The fraction of sp³-hybridized carbons (Fsp3) is 0.231. The molecule has 2 rings (SSSR count). The van der Waals surface area contributed by atoms with Crippen molar-refractivity contribution in [3.05, 3.63) is 52.5 Å². The highest BCUT2D eigenvalue weighted by molar-refractivity contribution is 6.99. The molecule has 0 saturated carbocycles. The van der Waals surface area contributed by atoms with E-state index in [4.69, 9.17) is 4.74 Å². The van der Waals surface area contributed by atoms with Crippen LogP contribution in [0.5, 0.6) is 0 Å². The minimum absolute atomic E-state index is 0.273. The first kappa shape index (κ1) is 11.8. The predicted molar refractivity (Wildman–Crippen MR) is 66.1 cm³/mol. The molecule has 0 fully saturated rings. The van der Waals surface area contributed by atoms with Crippen molar-refractivity contribution in [2.24, 2.45) is 0 Å². The number of rotatable bonds is 3. The zero-order valence-corrected chi connectivity index (χ0v) is 10.7. The lowest BCUT2D eigenvalue weighted by molar-refractivity contribution is -0.625. The van der Waals surface area contributed by atoms with Gasteiger partial charge in [0.05, 0.1) is 12.5 Å². The summed E-state index contributed by atoms with van der Waals surface area (Å²) in [4.78, 5) is 11.5. The molecule has 0 N–H and O–H groups in total. The molecule has 1 heterocycles. The molecule has 0 saturated heterocycles. The van der Waals surface area contributed by atoms with Gasteiger partial charge in [-0.1, -0.05) is 30.3 Å². The molecule has 0 bridgehead atoms. The maximum atomic E-state index is 11.5. The minimum atomic E-state index is -0.273. The Hall–Kier alpha value is -1.68. The van der Waals surface area contributed by atoms with Crippen LogP contribution in [0.3, 0.4) is 0 Å². The third-order valence-electron chi connectivity index (χ3n) is 2.64. The van der Waals surface area contributed by atoms with Crippen molar-refractivity contribution >= 4 is 17.5 Å². The Labute approximate surface area is 104 Å². The molecule has 0 aliphatic carbocycles. The highest BCUT2D eigenvalue weighted by Gasteiger charge is 2.21. The molecule has 0 aliphatic rings. The Balaban J connectivity index is 2.24. The summed E-state index contributed by atoms with van der Waals surface area (Å²) in [5, 5.41) is 1.84. The van der Waals surface area contributed by atoms with Crippen molar-refractivity contribution < 1.29 is 13.5 Å². The molecule has 17 heavy (non-hydrogen) atoms. The van der Waals surface area contributed by atoms with E-state index in [-0.39, 0.29) is 5.97 Å². The molecule has 3 nitrogen and oxygen atoms in total. The number of nitrogens with zero attached hydrogens (tertiary/aromatic N) is 1. The largest absolute Gasteiger partial charge is 0.465 e. The van der Waals surface area contributed by atoms with Gasteiger partial charge in [0.25, 0.3) is 0 Å². The van der Waals surface area contributed by atoms with E-state index in [1.54, 1.807) is 0 Å². The normalized spacial score (nSPS) is 10.2. The summed E-state index contributed by atoms with van der Waals surface area (Å²) in [6.07, 6.45) is 0. The lowest BCUT2D eigenvalue weighted by atomic mass is 10.2. The maximum Gasteiger partial charge on any atom is 0.345 e. The van der Waals surface area contributed by atoms with Gasteiger partial charge in [-0.2, -0.15) is 0 Å². The fourth-order valence-electron chi connectivity index (χ4n) is 1.63. The Kier molecular flexibility index (Phi) is 3.54. The van der Waals surface area contributed by atoms with Crippen molar-refractivity contribution in [2.45, 2.75) is 13.5 Å². The van der Waals surface area contributed by atoms with Gasteiger partial charge < -0.3 is 4.74 Å². The molecular formula is C13H14NO2S+. The molecule has 4 heteroatoms. The Morgan fingerprint density at radius 2 is 2.06 bits per heavy atom. The standard InChI is InChI=1S/C13H14NO2S/c1-10-12(13(15)16-2)9-17-14(10)8-11-6-4-3-5-7-11/h3-7,9H,8H2,1-2H3/q+1. The number of aromatic nitrogens is 1. The van der Waals surface area contributed by atoms with Gasteiger partial charge in [0.15, 0.2) is 6.54 Å². The van der Waals surface area contributed by atoms with E-state index in [0.717, 1.165) is 12.2 Å². The first-order valence-corrected chi connectivity index (χ1v) is 6.16. The number of ether oxygens (including phenoxy) is 1. The second-order valence-corrected chi connectivity index (χ2v) is 4.62. The van der Waals surface area contributed by atoms with Crippen LogP contribution in [0.25, 0.3) is 0 Å². The summed E-state index contributed by atoms with van der Waals surface area (Å²) >= 11 is 1.53. The van der Waals surface area contributed by atoms with Gasteiger partial charge in [0.2, 0.25) is 5.69 Å². The second kappa shape index (κ2) is 5.10. The van der Waals surface area contributed by atoms with E-state index < -0.39 is 0 Å². The number of hydrogen-bond acceptors (Lipinski definition) is 3. The molecule has 0 radical (unpaired) electrons. The maximum absolute atomic E-state index is 11.5. The van der Waals surface area contributed by atoms with E-state index in [9.17, 15) is 4.79 Å². The van der Waals surface area contributed by atoms with Crippen LogP contribution in [0.4, 0.5) is 0 Å². The minimum Gasteiger partial charge on any atom is -0.465 e. The van der Waals surface area contributed by atoms with Gasteiger partial charge in [0.1, 0.15) is 17.1 Å². The summed E-state index contributed by atoms with van der Waals surface area (Å²) in [5.41, 5.74) is 2.82. The quantitative estimate of drug-likeness (QED) is 0.615. The third kappa shape index (κ3) is 2.53. The zero-order valence-electron chi connectivity index (χ0n) is 9.84. The molecule has 1 aromatic heterocycles. The molecule has 0 spiro atoms. The van der Waals surface area contributed by atoms with Gasteiger partial charge in [-0.05, 0) is 0 Å². The Bertz CT molecular complexity index is 519. The van der Waals surface area contributed by atoms with Crippen LogP contribution >= 0.6 is 11.5 Å². The number of hydrogen-bond donors (Lipinski definition) is 0. The molecule has 2 aromatic rings. The first-order chi connectivity index (χ1) is 8.22. The first-order valence-electron chi connectivity index (χ1n) is 5.33. The summed E-state index contributed by atoms with van der Waals surface area (Å²) in [5.74, 6) is -0.273. The van der Waals surface area contributed by atoms with Crippen LogP contribution in [0.1, 0.15) is 21.6 Å². The van der Waals surface area contributed by atoms with Crippen molar-refractivity contribution in [3.63, 3.8) is 0 Å². The van der Waals surface area contributed by atoms with Crippen LogP contribution in [-0.4, -0.2) is 13.1 Å². The molecule has 0 atom stereocenters. The van der Waals surface area contributed by atoms with E-state index in [2.05, 4.69) is 16.1 Å². The molecule has 0 aliphatic heterocycles. The van der Waals surface area contributed by atoms with Crippen molar-refractivity contribution in [1.29, 1.82) is 0 Å². The highest BCUT2D eigenvalue weighted by Crippen LogP contribution is 2.10. The van der Waals surface area contributed by atoms with E-state index in [0.29, 0.717) is 5.56 Å².